The van der Waals surface area contributed by atoms with E-state index in [0.29, 0.717) is 16.9 Å². The Morgan fingerprint density at radius 3 is 2.23 bits per heavy atom. The summed E-state index contributed by atoms with van der Waals surface area (Å²) in [7, 11) is -9.38. The molecular formula is C32H32F2N8O14P2S2. The number of benzene rings is 2. The van der Waals surface area contributed by atoms with Gasteiger partial charge >= 0.3 is 20.3 Å². The lowest BCUT2D eigenvalue weighted by Crippen LogP contribution is -2.38. The van der Waals surface area contributed by atoms with Crippen molar-refractivity contribution in [1.82, 2.24) is 29.1 Å². The zero-order chi connectivity index (χ0) is 42.6. The molecule has 320 valence electrons. The molecule has 60 heavy (non-hydrogen) atoms. The molecule has 3 saturated heterocycles. The van der Waals surface area contributed by atoms with Gasteiger partial charge in [0.2, 0.25) is 0 Å². The monoisotopic (exact) mass is 916 g/mol. The fourth-order valence-corrected chi connectivity index (χ4v) is 11.8. The maximum atomic E-state index is 16.4. The van der Waals surface area contributed by atoms with E-state index < -0.39 is 98.3 Å². The number of imidazole rings is 1. The summed E-state index contributed by atoms with van der Waals surface area (Å²) in [5.74, 6) is -0.351. The highest BCUT2D eigenvalue weighted by atomic mass is 32.7. The second kappa shape index (κ2) is 16.4. The molecule has 4 bridgehead atoms. The first-order valence-corrected chi connectivity index (χ1v) is 23.6. The van der Waals surface area contributed by atoms with Crippen molar-refractivity contribution in [3.05, 3.63) is 99.9 Å². The number of nitrogens with two attached hydrogens (primary N) is 1. The second-order valence-corrected chi connectivity index (χ2v) is 20.5. The van der Waals surface area contributed by atoms with Gasteiger partial charge < -0.3 is 25.2 Å². The molecule has 0 radical (unpaired) electrons. The van der Waals surface area contributed by atoms with Crippen LogP contribution in [0.25, 0.3) is 11.2 Å². The van der Waals surface area contributed by atoms with Gasteiger partial charge in [-0.2, -0.15) is 0 Å². The minimum absolute atomic E-state index is 0.0236. The van der Waals surface area contributed by atoms with Crippen molar-refractivity contribution in [3.8, 4) is 5.75 Å². The zero-order valence-electron chi connectivity index (χ0n) is 30.2. The van der Waals surface area contributed by atoms with E-state index in [1.165, 1.54) is 48.5 Å². The van der Waals surface area contributed by atoms with Crippen molar-refractivity contribution >= 4 is 58.7 Å². The van der Waals surface area contributed by atoms with Gasteiger partial charge in [0.15, 0.2) is 36.3 Å². The Kier molecular flexibility index (Phi) is 11.5. The lowest BCUT2D eigenvalue weighted by Gasteiger charge is -2.27. The number of nitrogen functional groups attached to an aromatic ring is 1. The highest BCUT2D eigenvalue weighted by Crippen LogP contribution is 2.65. The largest absolute Gasteiger partial charge is 0.508 e. The van der Waals surface area contributed by atoms with Crippen molar-refractivity contribution in [2.24, 2.45) is 0 Å². The number of aromatic amines is 1. The van der Waals surface area contributed by atoms with Gasteiger partial charge in [-0.3, -0.25) is 41.7 Å². The number of anilines is 2. The molecule has 5 aromatic rings. The quantitative estimate of drug-likeness (QED) is 0.110. The Morgan fingerprint density at radius 2 is 1.55 bits per heavy atom. The number of H-pyrrole nitrogens is 1. The first kappa shape index (κ1) is 42.1. The number of halogens is 2. The summed E-state index contributed by atoms with van der Waals surface area (Å²) in [4.78, 5) is 49.3. The number of aromatic nitrogens is 6. The molecule has 0 aliphatic carbocycles. The third-order valence-electron chi connectivity index (χ3n) is 9.36. The van der Waals surface area contributed by atoms with E-state index in [-0.39, 0.29) is 39.1 Å². The van der Waals surface area contributed by atoms with Crippen LogP contribution in [-0.4, -0.2) is 97.5 Å². The molecule has 8 rings (SSSR count). The van der Waals surface area contributed by atoms with Crippen LogP contribution >= 0.6 is 26.0 Å². The zero-order valence-corrected chi connectivity index (χ0v) is 33.7. The molecule has 3 aliphatic rings. The molecule has 0 saturated carbocycles. The number of phosphoric acid groups is 1. The first-order valence-electron chi connectivity index (χ1n) is 17.5. The predicted molar refractivity (Wildman–Crippen MR) is 204 cm³/mol. The van der Waals surface area contributed by atoms with Gasteiger partial charge in [-0.25, -0.2) is 46.1 Å². The number of phenols is 1. The number of fused-ring (bicyclic) bond motifs is 5. The molecule has 3 aliphatic heterocycles. The van der Waals surface area contributed by atoms with Crippen LogP contribution in [0.5, 0.6) is 5.75 Å². The van der Waals surface area contributed by atoms with Gasteiger partial charge in [-0.05, 0) is 53.3 Å². The molecule has 3 aromatic heterocycles. The van der Waals surface area contributed by atoms with Crippen LogP contribution in [0.4, 0.5) is 20.3 Å². The van der Waals surface area contributed by atoms with Crippen LogP contribution in [0.3, 0.4) is 0 Å². The summed E-state index contributed by atoms with van der Waals surface area (Å²) in [5, 5.41) is 9.51. The number of sulfonamides is 1. The molecule has 22 nitrogen and oxygen atoms in total. The normalized spacial score (nSPS) is 31.2. The molecule has 2 unspecified atom stereocenters. The highest BCUT2D eigenvalue weighted by molar-refractivity contribution is 8.54. The van der Waals surface area contributed by atoms with Crippen molar-refractivity contribution < 1.29 is 63.9 Å². The smallest absolute Gasteiger partial charge is 0.472 e. The molecule has 6 N–H and O–H groups in total. The number of alkyl halides is 2. The Bertz CT molecular complexity index is 2730. The van der Waals surface area contributed by atoms with Crippen LogP contribution in [0.1, 0.15) is 18.0 Å². The third kappa shape index (κ3) is 8.63. The van der Waals surface area contributed by atoms with E-state index in [1.807, 2.05) is 4.98 Å². The summed E-state index contributed by atoms with van der Waals surface area (Å²) in [6.45, 7) is -6.71. The highest BCUT2D eigenvalue weighted by Gasteiger charge is 2.55. The number of phenolic OH excluding ortho intramolecular Hbond substituents is 1. The number of ether oxygens (including phenoxy) is 2. The maximum absolute atomic E-state index is 16.4. The van der Waals surface area contributed by atoms with E-state index in [0.717, 1.165) is 34.1 Å². The lowest BCUT2D eigenvalue weighted by molar-refractivity contribution is -0.0648. The number of rotatable bonds is 8. The number of phosphoric ester groups is 1. The fourth-order valence-electron chi connectivity index (χ4n) is 6.44. The van der Waals surface area contributed by atoms with E-state index >= 15 is 8.78 Å². The van der Waals surface area contributed by atoms with E-state index in [9.17, 15) is 37.1 Å². The Hall–Kier alpha value is -4.59. The number of hydrogen-bond donors (Lipinski definition) is 5. The molecular weight excluding hydrogens is 884 g/mol. The Morgan fingerprint density at radius 1 is 0.900 bits per heavy atom. The summed E-state index contributed by atoms with van der Waals surface area (Å²) in [6, 6.07) is 11.5. The lowest BCUT2D eigenvalue weighted by atomic mass is 10.1. The van der Waals surface area contributed by atoms with Gasteiger partial charge in [0, 0.05) is 23.7 Å². The summed E-state index contributed by atoms with van der Waals surface area (Å²) in [5.41, 5.74) is 4.66. The number of nitrogens with one attached hydrogen (secondary N) is 2. The molecule has 2 aromatic carbocycles. The third-order valence-corrected chi connectivity index (χ3v) is 15.4. The molecule has 28 heteroatoms. The Balaban J connectivity index is 1.10. The summed E-state index contributed by atoms with van der Waals surface area (Å²) >= 11 is 0.487. The molecule has 6 heterocycles. The fraction of sp³-hybridized carbons (Fsp3) is 0.344. The minimum Gasteiger partial charge on any atom is -0.508 e. The van der Waals surface area contributed by atoms with Crippen LogP contribution < -0.4 is 21.7 Å². The van der Waals surface area contributed by atoms with Gasteiger partial charge in [-0.1, -0.05) is 12.1 Å². The van der Waals surface area contributed by atoms with Crippen molar-refractivity contribution in [3.63, 3.8) is 0 Å². The van der Waals surface area contributed by atoms with Gasteiger partial charge in [-0.15, -0.1) is 0 Å². The van der Waals surface area contributed by atoms with Crippen LogP contribution in [0.2, 0.25) is 0 Å². The van der Waals surface area contributed by atoms with Gasteiger partial charge in [0.05, 0.1) is 24.4 Å². The minimum atomic E-state index is -5.29. The van der Waals surface area contributed by atoms with E-state index in [1.54, 1.807) is 0 Å². The Labute approximate surface area is 339 Å². The SMILES string of the molecule is Nc1ncnc2c1ncn2[C@@H]1O[C@@H]2COP(=O)(SCc3ccc(S(=O)(=O)Nc4ccc(O)cc4)cc3)O[C@@H]3[C@H](F)[C@@H](COP(=O)(O)O[C@@H]1[C@@H]2F)O[C@H]3n1ccc(=O)[nH]c1=O. The van der Waals surface area contributed by atoms with E-state index in [2.05, 4.69) is 19.7 Å². The van der Waals surface area contributed by atoms with Gasteiger partial charge in [0.1, 0.15) is 42.0 Å². The van der Waals surface area contributed by atoms with Crippen molar-refractivity contribution in [2.75, 3.05) is 23.7 Å². The number of nitrogens with zero attached hydrogens (tertiary/aromatic N) is 5. The topological polar surface area (TPSA) is 301 Å². The summed E-state index contributed by atoms with van der Waals surface area (Å²) < 4.78 is 125. The standard InChI is InChI=1S/C32H32F2N8O14P2S2/c33-23-21-12-52-58(48,59-13-16-1-7-19(8-2-16)60(49,50)40-17-3-5-18(43)6-4-17)56-27-24(34)20(53-30(27)41-10-9-22(44)39-32(41)45)11-51-57(46,47)55-26(23)31(54-21)42-15-38-25-28(35)36-14-37-29(25)42/h1-10,14-15,20-21,23-24,26-27,30-31,40,43H,11-13H2,(H,46,47)(H2,35,36,37)(H,39,44,45)/t20-,21-,23-,24-,26-,27-,30-,31-,58?/m1/s1. The van der Waals surface area contributed by atoms with Crippen molar-refractivity contribution in [1.29, 1.82) is 0 Å². The first-order chi connectivity index (χ1) is 28.5. The number of aromatic hydroxyl groups is 1. The maximum Gasteiger partial charge on any atom is 0.472 e. The second-order valence-electron chi connectivity index (χ2n) is 13.3. The average molecular weight is 917 g/mol. The molecule has 10 atom stereocenters. The van der Waals surface area contributed by atoms with Crippen LogP contribution in [0.15, 0.2) is 87.9 Å². The van der Waals surface area contributed by atoms with Crippen LogP contribution in [-0.2, 0) is 52.5 Å². The molecule has 3 fully saturated rings. The summed E-state index contributed by atoms with van der Waals surface area (Å²) in [6.07, 6.45) is -12.3. The number of hydrogen-bond acceptors (Lipinski definition) is 18. The predicted octanol–water partition coefficient (Wildman–Crippen LogP) is 2.90. The average Bonchev–Trinajstić information content (AvgIpc) is 3.86. The van der Waals surface area contributed by atoms with E-state index in [4.69, 9.17) is 33.3 Å². The van der Waals surface area contributed by atoms with Crippen LogP contribution in [0, 0.1) is 0 Å². The molecule has 0 spiro atoms. The van der Waals surface area contributed by atoms with Crippen molar-refractivity contribution in [2.45, 2.75) is 59.9 Å². The molecule has 0 amide bonds. The van der Waals surface area contributed by atoms with Gasteiger partial charge in [0.25, 0.3) is 15.6 Å².